The fourth-order valence-electron chi connectivity index (χ4n) is 3.56. The van der Waals surface area contributed by atoms with Gasteiger partial charge in [0.25, 0.3) is 0 Å². The third-order valence-corrected chi connectivity index (χ3v) is 5.26. The van der Waals surface area contributed by atoms with Crippen molar-refractivity contribution in [3.8, 4) is 17.2 Å². The Labute approximate surface area is 179 Å². The summed E-state index contributed by atoms with van der Waals surface area (Å²) in [5.41, 5.74) is 6.23. The maximum absolute atomic E-state index is 5.53. The van der Waals surface area contributed by atoms with E-state index in [0.717, 1.165) is 25.2 Å². The van der Waals surface area contributed by atoms with E-state index in [9.17, 15) is 0 Å². The second-order valence-electron chi connectivity index (χ2n) is 7.45. The van der Waals surface area contributed by atoms with Gasteiger partial charge in [0.2, 0.25) is 5.75 Å². The SMILES string of the molecule is COc1cc(CN(Cc2ccncc2)Cc2ccc(C)c(C)c2)cc(OC)c1OC. The van der Waals surface area contributed by atoms with Crippen LogP contribution in [0.4, 0.5) is 0 Å². The van der Waals surface area contributed by atoms with Gasteiger partial charge in [-0.2, -0.15) is 0 Å². The lowest BCUT2D eigenvalue weighted by Crippen LogP contribution is -2.22. The highest BCUT2D eigenvalue weighted by atomic mass is 16.5. The number of ether oxygens (including phenoxy) is 3. The van der Waals surface area contributed by atoms with Gasteiger partial charge in [0, 0.05) is 32.0 Å². The first-order chi connectivity index (χ1) is 14.5. The molecule has 2 aromatic carbocycles. The highest BCUT2D eigenvalue weighted by Crippen LogP contribution is 2.38. The maximum Gasteiger partial charge on any atom is 0.203 e. The normalized spacial score (nSPS) is 10.9. The number of benzene rings is 2. The molecule has 0 N–H and O–H groups in total. The number of pyridine rings is 1. The van der Waals surface area contributed by atoms with Gasteiger partial charge in [0.1, 0.15) is 0 Å². The smallest absolute Gasteiger partial charge is 0.203 e. The molecular weight excluding hydrogens is 376 g/mol. The summed E-state index contributed by atoms with van der Waals surface area (Å²) in [7, 11) is 4.91. The molecule has 5 heteroatoms. The van der Waals surface area contributed by atoms with Crippen molar-refractivity contribution >= 4 is 0 Å². The summed E-state index contributed by atoms with van der Waals surface area (Å²) in [5.74, 6) is 1.95. The van der Waals surface area contributed by atoms with Crippen LogP contribution in [0.2, 0.25) is 0 Å². The van der Waals surface area contributed by atoms with Crippen LogP contribution in [0.1, 0.15) is 27.8 Å². The Morgan fingerprint density at radius 2 is 1.27 bits per heavy atom. The predicted molar refractivity (Wildman–Crippen MR) is 119 cm³/mol. The molecule has 5 nitrogen and oxygen atoms in total. The largest absolute Gasteiger partial charge is 0.493 e. The second kappa shape index (κ2) is 10.1. The number of rotatable bonds is 9. The zero-order valence-corrected chi connectivity index (χ0v) is 18.4. The third-order valence-electron chi connectivity index (χ3n) is 5.26. The molecule has 0 unspecified atom stereocenters. The average Bonchev–Trinajstić information content (AvgIpc) is 2.76. The number of aromatic nitrogens is 1. The first-order valence-corrected chi connectivity index (χ1v) is 10.00. The van der Waals surface area contributed by atoms with E-state index >= 15 is 0 Å². The molecule has 0 saturated carbocycles. The number of aryl methyl sites for hydroxylation is 2. The topological polar surface area (TPSA) is 43.8 Å². The van der Waals surface area contributed by atoms with E-state index in [1.54, 1.807) is 21.3 Å². The van der Waals surface area contributed by atoms with Crippen molar-refractivity contribution < 1.29 is 14.2 Å². The van der Waals surface area contributed by atoms with Crippen molar-refractivity contribution in [1.29, 1.82) is 0 Å². The Hall–Kier alpha value is -3.05. The maximum atomic E-state index is 5.53. The van der Waals surface area contributed by atoms with E-state index in [-0.39, 0.29) is 0 Å². The number of methoxy groups -OCH3 is 3. The van der Waals surface area contributed by atoms with Gasteiger partial charge in [-0.1, -0.05) is 18.2 Å². The molecule has 1 heterocycles. The molecule has 0 amide bonds. The Bertz CT molecular complexity index is 948. The van der Waals surface area contributed by atoms with Crippen LogP contribution < -0.4 is 14.2 Å². The zero-order valence-electron chi connectivity index (χ0n) is 18.4. The Balaban J connectivity index is 1.90. The molecule has 3 rings (SSSR count). The van der Waals surface area contributed by atoms with E-state index in [1.807, 2.05) is 24.5 Å². The summed E-state index contributed by atoms with van der Waals surface area (Å²) in [6.45, 7) is 6.69. The Kier molecular flexibility index (Phi) is 7.31. The summed E-state index contributed by atoms with van der Waals surface area (Å²) in [4.78, 5) is 6.54. The minimum absolute atomic E-state index is 0.610. The van der Waals surface area contributed by atoms with E-state index < -0.39 is 0 Å². The van der Waals surface area contributed by atoms with Crippen LogP contribution in [0.5, 0.6) is 17.2 Å². The first-order valence-electron chi connectivity index (χ1n) is 10.00. The lowest BCUT2D eigenvalue weighted by molar-refractivity contribution is 0.246. The summed E-state index contributed by atoms with van der Waals surface area (Å²) < 4.78 is 16.5. The second-order valence-corrected chi connectivity index (χ2v) is 7.45. The number of hydrogen-bond acceptors (Lipinski definition) is 5. The first kappa shape index (κ1) is 21.7. The standard InChI is InChI=1S/C25H30N2O3/c1-18-6-7-21(12-19(18)2)16-27(15-20-8-10-26-11-9-20)17-22-13-23(28-3)25(30-5)24(14-22)29-4/h6-14H,15-17H2,1-5H3. The summed E-state index contributed by atoms with van der Waals surface area (Å²) in [6, 6.07) is 14.8. The quantitative estimate of drug-likeness (QED) is 0.504. The molecule has 0 aliphatic rings. The molecule has 0 radical (unpaired) electrons. The molecule has 0 fully saturated rings. The van der Waals surface area contributed by atoms with Gasteiger partial charge >= 0.3 is 0 Å². The lowest BCUT2D eigenvalue weighted by Gasteiger charge is -2.24. The van der Waals surface area contributed by atoms with E-state index in [4.69, 9.17) is 14.2 Å². The number of hydrogen-bond donors (Lipinski definition) is 0. The molecule has 0 saturated heterocycles. The van der Waals surface area contributed by atoms with Crippen molar-refractivity contribution in [1.82, 2.24) is 9.88 Å². The summed E-state index contributed by atoms with van der Waals surface area (Å²) >= 11 is 0. The number of nitrogens with zero attached hydrogens (tertiary/aromatic N) is 2. The van der Waals surface area contributed by atoms with Gasteiger partial charge in [0.05, 0.1) is 21.3 Å². The molecule has 158 valence electrons. The molecule has 30 heavy (non-hydrogen) atoms. The van der Waals surface area contributed by atoms with Crippen molar-refractivity contribution in [3.63, 3.8) is 0 Å². The van der Waals surface area contributed by atoms with E-state index in [0.29, 0.717) is 17.2 Å². The van der Waals surface area contributed by atoms with Crippen LogP contribution in [-0.4, -0.2) is 31.2 Å². The predicted octanol–water partition coefficient (Wildman–Crippen LogP) is 4.93. The van der Waals surface area contributed by atoms with E-state index in [2.05, 4.69) is 54.1 Å². The molecule has 0 spiro atoms. The van der Waals surface area contributed by atoms with Gasteiger partial charge < -0.3 is 14.2 Å². The van der Waals surface area contributed by atoms with Gasteiger partial charge in [-0.25, -0.2) is 0 Å². The van der Waals surface area contributed by atoms with Gasteiger partial charge in [-0.05, 0) is 65.9 Å². The fraction of sp³-hybridized carbons (Fsp3) is 0.320. The molecule has 0 aliphatic heterocycles. The van der Waals surface area contributed by atoms with Crippen LogP contribution in [0.25, 0.3) is 0 Å². The molecular formula is C25H30N2O3. The summed E-state index contributed by atoms with van der Waals surface area (Å²) in [6.07, 6.45) is 3.67. The van der Waals surface area contributed by atoms with Gasteiger partial charge in [-0.15, -0.1) is 0 Å². The Morgan fingerprint density at radius 1 is 0.667 bits per heavy atom. The van der Waals surface area contributed by atoms with Crippen LogP contribution in [-0.2, 0) is 19.6 Å². The fourth-order valence-corrected chi connectivity index (χ4v) is 3.56. The van der Waals surface area contributed by atoms with Gasteiger partial charge in [-0.3, -0.25) is 9.88 Å². The van der Waals surface area contributed by atoms with Gasteiger partial charge in [0.15, 0.2) is 11.5 Å². The monoisotopic (exact) mass is 406 g/mol. The minimum Gasteiger partial charge on any atom is -0.493 e. The molecule has 0 bridgehead atoms. The zero-order chi connectivity index (χ0) is 21.5. The molecule has 1 aromatic heterocycles. The average molecular weight is 407 g/mol. The van der Waals surface area contributed by atoms with Crippen molar-refractivity contribution in [2.45, 2.75) is 33.5 Å². The third kappa shape index (κ3) is 5.30. The molecule has 0 aliphatic carbocycles. The van der Waals surface area contributed by atoms with Crippen molar-refractivity contribution in [3.05, 3.63) is 82.7 Å². The Morgan fingerprint density at radius 3 is 1.83 bits per heavy atom. The van der Waals surface area contributed by atoms with Crippen LogP contribution in [0.15, 0.2) is 54.9 Å². The van der Waals surface area contributed by atoms with Crippen molar-refractivity contribution in [2.24, 2.45) is 0 Å². The lowest BCUT2D eigenvalue weighted by atomic mass is 10.1. The molecule has 0 atom stereocenters. The van der Waals surface area contributed by atoms with E-state index in [1.165, 1.54) is 22.3 Å². The van der Waals surface area contributed by atoms with Crippen molar-refractivity contribution in [2.75, 3.05) is 21.3 Å². The van der Waals surface area contributed by atoms with Crippen LogP contribution >= 0.6 is 0 Å². The highest BCUT2D eigenvalue weighted by Gasteiger charge is 2.16. The van der Waals surface area contributed by atoms with Crippen LogP contribution in [0, 0.1) is 13.8 Å². The molecule has 3 aromatic rings. The summed E-state index contributed by atoms with van der Waals surface area (Å²) in [5, 5.41) is 0. The van der Waals surface area contributed by atoms with Crippen LogP contribution in [0.3, 0.4) is 0 Å². The minimum atomic E-state index is 0.610. The highest BCUT2D eigenvalue weighted by molar-refractivity contribution is 5.53.